The van der Waals surface area contributed by atoms with E-state index < -0.39 is 9.28 Å². The van der Waals surface area contributed by atoms with Crippen LogP contribution in [0.3, 0.4) is 0 Å². The van der Waals surface area contributed by atoms with E-state index in [1.165, 1.54) is 0 Å². The first-order chi connectivity index (χ1) is 9.57. The van der Waals surface area contributed by atoms with Crippen LogP contribution in [0.1, 0.15) is 47.5 Å². The maximum atomic E-state index is 6.35. The molecule has 1 aliphatic rings. The molecular formula is C15H32O4Si. The summed E-state index contributed by atoms with van der Waals surface area (Å²) in [7, 11) is -1.68. The molecule has 120 valence electrons. The number of ether oxygens (including phenoxy) is 2. The average Bonchev–Trinajstić information content (AvgIpc) is 2.41. The Kier molecular flexibility index (Phi) is 7.68. The Hall–Kier alpha value is 0.0569. The molecule has 0 aliphatic carbocycles. The molecule has 0 radical (unpaired) electrons. The van der Waals surface area contributed by atoms with Crippen molar-refractivity contribution in [2.45, 2.75) is 59.1 Å². The summed E-state index contributed by atoms with van der Waals surface area (Å²) < 4.78 is 23.6. The van der Waals surface area contributed by atoms with E-state index in [-0.39, 0.29) is 11.0 Å². The van der Waals surface area contributed by atoms with Crippen molar-refractivity contribution >= 4 is 9.28 Å². The molecule has 1 unspecified atom stereocenters. The molecule has 1 heterocycles. The summed E-state index contributed by atoms with van der Waals surface area (Å²) in [5, 5.41) is 0. The molecule has 0 aromatic heterocycles. The maximum Gasteiger partial charge on any atom is 0.324 e. The van der Waals surface area contributed by atoms with Crippen LogP contribution in [0.5, 0.6) is 0 Å². The second kappa shape index (κ2) is 8.49. The lowest BCUT2D eigenvalue weighted by Gasteiger charge is -2.53. The molecule has 1 saturated heterocycles. The monoisotopic (exact) mass is 304 g/mol. The largest absolute Gasteiger partial charge is 0.397 e. The molecule has 5 heteroatoms. The Bertz CT molecular complexity index is 265. The van der Waals surface area contributed by atoms with Crippen molar-refractivity contribution in [3.05, 3.63) is 0 Å². The predicted octanol–water partition coefficient (Wildman–Crippen LogP) is 2.89. The van der Waals surface area contributed by atoms with Gasteiger partial charge in [-0.15, -0.1) is 0 Å². The highest BCUT2D eigenvalue weighted by atomic mass is 28.3. The van der Waals surface area contributed by atoms with Crippen LogP contribution in [-0.4, -0.2) is 47.9 Å². The molecule has 20 heavy (non-hydrogen) atoms. The molecule has 4 nitrogen and oxygen atoms in total. The zero-order valence-corrected chi connectivity index (χ0v) is 15.0. The van der Waals surface area contributed by atoms with E-state index >= 15 is 0 Å². The van der Waals surface area contributed by atoms with Gasteiger partial charge in [0.15, 0.2) is 0 Å². The van der Waals surface area contributed by atoms with Gasteiger partial charge in [0.2, 0.25) is 0 Å². The van der Waals surface area contributed by atoms with E-state index in [0.717, 1.165) is 51.9 Å². The Morgan fingerprint density at radius 2 is 1.70 bits per heavy atom. The highest BCUT2D eigenvalue weighted by Gasteiger charge is 2.54. The van der Waals surface area contributed by atoms with Crippen molar-refractivity contribution in [3.8, 4) is 0 Å². The van der Waals surface area contributed by atoms with Gasteiger partial charge in [-0.3, -0.25) is 0 Å². The van der Waals surface area contributed by atoms with Gasteiger partial charge >= 0.3 is 9.28 Å². The smallest absolute Gasteiger partial charge is 0.324 e. The second-order valence-electron chi connectivity index (χ2n) is 5.79. The summed E-state index contributed by atoms with van der Waals surface area (Å²) in [6, 6.07) is 0.908. The molecular weight excluding hydrogens is 272 g/mol. The van der Waals surface area contributed by atoms with Crippen LogP contribution in [0.4, 0.5) is 0 Å². The van der Waals surface area contributed by atoms with E-state index in [2.05, 4.69) is 20.8 Å². The van der Waals surface area contributed by atoms with Crippen molar-refractivity contribution in [3.63, 3.8) is 0 Å². The van der Waals surface area contributed by atoms with E-state index in [4.69, 9.17) is 18.3 Å². The van der Waals surface area contributed by atoms with Crippen molar-refractivity contribution in [2.24, 2.45) is 5.41 Å². The van der Waals surface area contributed by atoms with Gasteiger partial charge in [0.25, 0.3) is 0 Å². The van der Waals surface area contributed by atoms with Crippen molar-refractivity contribution in [1.82, 2.24) is 0 Å². The fourth-order valence-electron chi connectivity index (χ4n) is 2.93. The van der Waals surface area contributed by atoms with Crippen LogP contribution >= 0.6 is 0 Å². The first-order valence-corrected chi connectivity index (χ1v) is 9.78. The minimum absolute atomic E-state index is 0.0936. The molecule has 0 spiro atoms. The van der Waals surface area contributed by atoms with Gasteiger partial charge in [-0.1, -0.05) is 20.8 Å². The van der Waals surface area contributed by atoms with E-state index in [1.807, 2.05) is 13.8 Å². The third kappa shape index (κ3) is 4.04. The third-order valence-electron chi connectivity index (χ3n) is 4.30. The van der Waals surface area contributed by atoms with Crippen LogP contribution in [0.2, 0.25) is 6.04 Å². The number of hydrogen-bond donors (Lipinski definition) is 0. The molecule has 0 aromatic carbocycles. The lowest BCUT2D eigenvalue weighted by atomic mass is 9.71. The van der Waals surface area contributed by atoms with Gasteiger partial charge in [-0.2, -0.15) is 0 Å². The SMILES string of the molecule is CCCOC(CC)(C[SiH](OCC)OCC)C1(C)COC1. The van der Waals surface area contributed by atoms with Gasteiger partial charge < -0.3 is 18.3 Å². The Labute approximate surface area is 126 Å². The minimum atomic E-state index is -1.68. The zero-order chi connectivity index (χ0) is 15.1. The van der Waals surface area contributed by atoms with Crippen LogP contribution in [-0.2, 0) is 18.3 Å². The summed E-state index contributed by atoms with van der Waals surface area (Å²) in [5.41, 5.74) is -0.0706. The topological polar surface area (TPSA) is 36.9 Å². The Morgan fingerprint density at radius 3 is 2.05 bits per heavy atom. The van der Waals surface area contributed by atoms with Crippen LogP contribution in [0, 0.1) is 5.41 Å². The molecule has 0 N–H and O–H groups in total. The van der Waals surface area contributed by atoms with Gasteiger partial charge in [0.05, 0.1) is 18.8 Å². The zero-order valence-electron chi connectivity index (χ0n) is 13.9. The average molecular weight is 305 g/mol. The van der Waals surface area contributed by atoms with E-state index in [0.29, 0.717) is 0 Å². The second-order valence-corrected chi connectivity index (χ2v) is 7.73. The standard InChI is InChI=1S/C15H32O4Si/c1-6-10-17-15(7-2,14(5)11-16-12-14)13-20(18-8-3)19-9-4/h20H,6-13H2,1-5H3. The Morgan fingerprint density at radius 1 is 1.10 bits per heavy atom. The van der Waals surface area contributed by atoms with E-state index in [9.17, 15) is 0 Å². The summed E-state index contributed by atoms with van der Waals surface area (Å²) in [4.78, 5) is 0. The van der Waals surface area contributed by atoms with E-state index in [1.54, 1.807) is 0 Å². The molecule has 0 amide bonds. The Balaban J connectivity index is 2.83. The minimum Gasteiger partial charge on any atom is -0.397 e. The first kappa shape index (κ1) is 18.1. The molecule has 0 aromatic rings. The lowest BCUT2D eigenvalue weighted by molar-refractivity contribution is -0.228. The van der Waals surface area contributed by atoms with Crippen LogP contribution in [0.15, 0.2) is 0 Å². The maximum absolute atomic E-state index is 6.35. The molecule has 1 aliphatic heterocycles. The molecule has 1 atom stereocenters. The molecule has 0 saturated carbocycles. The number of rotatable bonds is 11. The van der Waals surface area contributed by atoms with Crippen LogP contribution in [0.25, 0.3) is 0 Å². The van der Waals surface area contributed by atoms with Gasteiger partial charge in [0, 0.05) is 31.3 Å². The fourth-order valence-corrected chi connectivity index (χ4v) is 5.44. The molecule has 1 fully saturated rings. The van der Waals surface area contributed by atoms with Gasteiger partial charge in [-0.05, 0) is 26.7 Å². The summed E-state index contributed by atoms with van der Waals surface area (Å²) in [6.07, 6.45) is 2.02. The molecule has 0 bridgehead atoms. The third-order valence-corrected chi connectivity index (χ3v) is 6.70. The first-order valence-electron chi connectivity index (χ1n) is 8.02. The van der Waals surface area contributed by atoms with Crippen molar-refractivity contribution in [2.75, 3.05) is 33.0 Å². The normalized spacial score (nSPS) is 20.7. The van der Waals surface area contributed by atoms with Crippen molar-refractivity contribution < 1.29 is 18.3 Å². The van der Waals surface area contributed by atoms with Crippen molar-refractivity contribution in [1.29, 1.82) is 0 Å². The highest BCUT2D eigenvalue weighted by Crippen LogP contribution is 2.46. The summed E-state index contributed by atoms with van der Waals surface area (Å²) in [6.45, 7) is 14.5. The predicted molar refractivity (Wildman–Crippen MR) is 83.4 cm³/mol. The van der Waals surface area contributed by atoms with Gasteiger partial charge in [0.1, 0.15) is 0 Å². The fraction of sp³-hybridized carbons (Fsp3) is 1.00. The summed E-state index contributed by atoms with van der Waals surface area (Å²) in [5.74, 6) is 0. The van der Waals surface area contributed by atoms with Gasteiger partial charge in [-0.25, -0.2) is 0 Å². The quantitative estimate of drug-likeness (QED) is 0.550. The van der Waals surface area contributed by atoms with Crippen LogP contribution < -0.4 is 0 Å². The lowest BCUT2D eigenvalue weighted by Crippen LogP contribution is -2.60. The summed E-state index contributed by atoms with van der Waals surface area (Å²) >= 11 is 0. The molecule has 1 rings (SSSR count). The number of hydrogen-bond acceptors (Lipinski definition) is 4. The highest BCUT2D eigenvalue weighted by molar-refractivity contribution is 6.44.